The number of aromatic nitrogens is 2. The zero-order valence-corrected chi connectivity index (χ0v) is 15.8. The normalized spacial score (nSPS) is 16.3. The summed E-state index contributed by atoms with van der Waals surface area (Å²) in [7, 11) is 0. The average Bonchev–Trinajstić information content (AvgIpc) is 3.11. The molecule has 0 aliphatic carbocycles. The number of carbonyl (C=O) groups excluding carboxylic acids is 1. The largest absolute Gasteiger partial charge is 0.324 e. The summed E-state index contributed by atoms with van der Waals surface area (Å²) in [4.78, 5) is 14.1. The van der Waals surface area contributed by atoms with Gasteiger partial charge in [-0.05, 0) is 29.8 Å². The van der Waals surface area contributed by atoms with Crippen LogP contribution >= 0.6 is 11.6 Å². The highest BCUT2D eigenvalue weighted by Gasteiger charge is 2.38. The van der Waals surface area contributed by atoms with Crippen molar-refractivity contribution in [3.63, 3.8) is 0 Å². The first kappa shape index (κ1) is 18.7. The molecule has 3 aromatic rings. The second kappa shape index (κ2) is 7.39. The van der Waals surface area contributed by atoms with Gasteiger partial charge in [0.1, 0.15) is 12.3 Å². The van der Waals surface area contributed by atoms with Crippen molar-refractivity contribution in [2.75, 3.05) is 18.4 Å². The molecular formula is C20H19ClF2N4O. The maximum absolute atomic E-state index is 15.4. The number of nitrogens with zero attached hydrogens (tertiary/aromatic N) is 2. The highest BCUT2D eigenvalue weighted by Crippen LogP contribution is 2.38. The van der Waals surface area contributed by atoms with Crippen LogP contribution in [0.15, 0.2) is 42.5 Å². The topological polar surface area (TPSA) is 61.0 Å². The van der Waals surface area contributed by atoms with E-state index in [1.165, 1.54) is 12.1 Å². The molecule has 8 heteroatoms. The summed E-state index contributed by atoms with van der Waals surface area (Å²) in [5.41, 5.74) is -0.0973. The lowest BCUT2D eigenvalue weighted by molar-refractivity contribution is 0.0721. The Morgan fingerprint density at radius 3 is 2.75 bits per heavy atom. The Bertz CT molecular complexity index is 1010. The summed E-state index contributed by atoms with van der Waals surface area (Å²) in [6.07, 6.45) is 0.268. The van der Waals surface area contributed by atoms with Crippen LogP contribution in [0.25, 0.3) is 10.9 Å². The molecule has 1 saturated heterocycles. The van der Waals surface area contributed by atoms with Crippen LogP contribution in [-0.2, 0) is 12.3 Å². The molecule has 1 aromatic heterocycles. The van der Waals surface area contributed by atoms with Gasteiger partial charge in [0.15, 0.2) is 5.82 Å². The number of urea groups is 1. The molecule has 2 amide bonds. The Morgan fingerprint density at radius 1 is 1.25 bits per heavy atom. The average molecular weight is 405 g/mol. The fraction of sp³-hybridized carbons (Fsp3) is 0.300. The van der Waals surface area contributed by atoms with Crippen LogP contribution < -0.4 is 5.32 Å². The second-order valence-electron chi connectivity index (χ2n) is 6.94. The highest BCUT2D eigenvalue weighted by molar-refractivity contribution is 6.31. The molecule has 0 bridgehead atoms. The molecule has 2 N–H and O–H groups in total. The fourth-order valence-corrected chi connectivity index (χ4v) is 3.72. The first-order chi connectivity index (χ1) is 13.5. The minimum absolute atomic E-state index is 0.134. The third-order valence-corrected chi connectivity index (χ3v) is 5.61. The van der Waals surface area contributed by atoms with Gasteiger partial charge in [-0.1, -0.05) is 29.8 Å². The van der Waals surface area contributed by atoms with E-state index in [1.807, 2.05) is 24.3 Å². The van der Waals surface area contributed by atoms with Crippen LogP contribution in [0.3, 0.4) is 0 Å². The lowest BCUT2D eigenvalue weighted by atomic mass is 9.85. The van der Waals surface area contributed by atoms with Crippen molar-refractivity contribution >= 4 is 34.4 Å². The number of nitrogens with one attached hydrogen (secondary N) is 2. The van der Waals surface area contributed by atoms with Gasteiger partial charge in [0.2, 0.25) is 0 Å². The zero-order chi connectivity index (χ0) is 19.7. The van der Waals surface area contributed by atoms with Gasteiger partial charge in [0.05, 0.1) is 5.52 Å². The minimum Gasteiger partial charge on any atom is -0.324 e. The molecule has 0 atom stereocenters. The number of hydrogen-bond acceptors (Lipinski definition) is 2. The van der Waals surface area contributed by atoms with Gasteiger partial charge in [-0.3, -0.25) is 10.4 Å². The van der Waals surface area contributed by atoms with E-state index in [0.717, 1.165) is 10.9 Å². The predicted octanol–water partition coefficient (Wildman–Crippen LogP) is 5.18. The summed E-state index contributed by atoms with van der Waals surface area (Å²) in [6.45, 7) is -0.245. The standard InChI is InChI=1S/C20H19ClF2N4O/c21-16-6-5-14(11-13(16)12-22)20(23)7-9-27(10-8-20)19(28)24-18-15-3-1-2-4-17(15)25-26-18/h1-6,11H,7-10,12H2,(H2,24,25,26,28). The first-order valence-corrected chi connectivity index (χ1v) is 9.41. The van der Waals surface area contributed by atoms with E-state index in [0.29, 0.717) is 11.4 Å². The third kappa shape index (κ3) is 3.42. The van der Waals surface area contributed by atoms with E-state index in [1.54, 1.807) is 11.0 Å². The van der Waals surface area contributed by atoms with E-state index in [2.05, 4.69) is 15.5 Å². The van der Waals surface area contributed by atoms with Crippen molar-refractivity contribution in [1.82, 2.24) is 15.1 Å². The summed E-state index contributed by atoms with van der Waals surface area (Å²) in [6, 6.07) is 11.7. The molecule has 0 spiro atoms. The first-order valence-electron chi connectivity index (χ1n) is 9.03. The number of hydrogen-bond donors (Lipinski definition) is 2. The Labute approximate surface area is 165 Å². The summed E-state index contributed by atoms with van der Waals surface area (Å²) in [5, 5.41) is 10.9. The molecule has 1 fully saturated rings. The smallest absolute Gasteiger partial charge is 0.323 e. The Morgan fingerprint density at radius 2 is 2.00 bits per heavy atom. The molecule has 2 aromatic carbocycles. The van der Waals surface area contributed by atoms with E-state index >= 15 is 4.39 Å². The molecule has 146 valence electrons. The number of likely N-dealkylation sites (tertiary alicyclic amines) is 1. The van der Waals surface area contributed by atoms with Crippen molar-refractivity contribution < 1.29 is 13.6 Å². The lowest BCUT2D eigenvalue weighted by Gasteiger charge is -2.36. The van der Waals surface area contributed by atoms with Gasteiger partial charge in [-0.15, -0.1) is 0 Å². The quantitative estimate of drug-likeness (QED) is 0.632. The number of aromatic amines is 1. The van der Waals surface area contributed by atoms with Crippen LogP contribution in [0.5, 0.6) is 0 Å². The molecule has 5 nitrogen and oxygen atoms in total. The molecule has 0 saturated carbocycles. The SMILES string of the molecule is O=C(Nc1n[nH]c2ccccc12)N1CCC(F)(c2ccc(Cl)c(CF)c2)CC1. The molecule has 4 rings (SSSR count). The second-order valence-corrected chi connectivity index (χ2v) is 7.35. The number of piperidine rings is 1. The van der Waals surface area contributed by atoms with Crippen LogP contribution in [0, 0.1) is 0 Å². The van der Waals surface area contributed by atoms with Crippen molar-refractivity contribution in [2.24, 2.45) is 0 Å². The number of amides is 2. The minimum atomic E-state index is -1.61. The maximum Gasteiger partial charge on any atom is 0.323 e. The Balaban J connectivity index is 1.44. The van der Waals surface area contributed by atoms with E-state index in [9.17, 15) is 9.18 Å². The Kier molecular flexibility index (Phi) is 4.93. The molecule has 0 unspecified atom stereocenters. The summed E-state index contributed by atoms with van der Waals surface area (Å²) >= 11 is 5.92. The lowest BCUT2D eigenvalue weighted by Crippen LogP contribution is -2.45. The van der Waals surface area contributed by atoms with Gasteiger partial charge in [-0.2, -0.15) is 5.10 Å². The van der Waals surface area contributed by atoms with Crippen LogP contribution in [-0.4, -0.2) is 34.2 Å². The number of rotatable bonds is 3. The van der Waals surface area contributed by atoms with Gasteiger partial charge in [0.25, 0.3) is 0 Å². The number of benzene rings is 2. The van der Waals surface area contributed by atoms with Gasteiger partial charge in [0, 0.05) is 41.9 Å². The van der Waals surface area contributed by atoms with Gasteiger partial charge in [-0.25, -0.2) is 13.6 Å². The highest BCUT2D eigenvalue weighted by atomic mass is 35.5. The monoisotopic (exact) mass is 404 g/mol. The van der Waals surface area contributed by atoms with Crippen LogP contribution in [0.1, 0.15) is 24.0 Å². The van der Waals surface area contributed by atoms with Crippen LogP contribution in [0.4, 0.5) is 19.4 Å². The number of H-pyrrole nitrogens is 1. The molecule has 28 heavy (non-hydrogen) atoms. The van der Waals surface area contributed by atoms with Crippen molar-refractivity contribution in [2.45, 2.75) is 25.2 Å². The molecule has 2 heterocycles. The predicted molar refractivity (Wildman–Crippen MR) is 105 cm³/mol. The van der Waals surface area contributed by atoms with Crippen molar-refractivity contribution in [3.8, 4) is 0 Å². The molecule has 1 aliphatic rings. The van der Waals surface area contributed by atoms with Crippen molar-refractivity contribution in [1.29, 1.82) is 0 Å². The van der Waals surface area contributed by atoms with E-state index in [-0.39, 0.29) is 42.5 Å². The zero-order valence-electron chi connectivity index (χ0n) is 15.0. The number of carbonyl (C=O) groups is 1. The number of anilines is 1. The third-order valence-electron chi connectivity index (χ3n) is 5.25. The molecule has 0 radical (unpaired) electrons. The number of para-hydroxylation sites is 1. The Hall–Kier alpha value is -2.67. The molecule has 1 aliphatic heterocycles. The van der Waals surface area contributed by atoms with Gasteiger partial charge < -0.3 is 4.90 Å². The number of halogens is 3. The van der Waals surface area contributed by atoms with E-state index in [4.69, 9.17) is 11.6 Å². The summed E-state index contributed by atoms with van der Waals surface area (Å²) < 4.78 is 28.5. The maximum atomic E-state index is 15.4. The fourth-order valence-electron chi connectivity index (χ4n) is 3.55. The molecular weight excluding hydrogens is 386 g/mol. The van der Waals surface area contributed by atoms with Crippen LogP contribution in [0.2, 0.25) is 5.02 Å². The summed E-state index contributed by atoms with van der Waals surface area (Å²) in [5.74, 6) is 0.447. The van der Waals surface area contributed by atoms with Gasteiger partial charge >= 0.3 is 6.03 Å². The van der Waals surface area contributed by atoms with Crippen molar-refractivity contribution in [3.05, 3.63) is 58.6 Å². The number of fused-ring (bicyclic) bond motifs is 1. The van der Waals surface area contributed by atoms with E-state index < -0.39 is 12.3 Å². The number of alkyl halides is 2.